The highest BCUT2D eigenvalue weighted by atomic mass is 16.5. The largest absolute Gasteiger partial charge is 0.373 e. The Kier molecular flexibility index (Phi) is 4.61. The highest BCUT2D eigenvalue weighted by Gasteiger charge is 2.22. The molecule has 2 aromatic rings. The van der Waals surface area contributed by atoms with E-state index in [1.54, 1.807) is 18.0 Å². The number of morpholine rings is 1. The van der Waals surface area contributed by atoms with Gasteiger partial charge in [0.15, 0.2) is 0 Å². The van der Waals surface area contributed by atoms with Gasteiger partial charge in [0.1, 0.15) is 11.0 Å². The summed E-state index contributed by atoms with van der Waals surface area (Å²) in [6.45, 7) is 3.41. The van der Waals surface area contributed by atoms with Crippen LogP contribution >= 0.6 is 0 Å². The fourth-order valence-corrected chi connectivity index (χ4v) is 2.64. The van der Waals surface area contributed by atoms with E-state index in [0.29, 0.717) is 43.0 Å². The minimum absolute atomic E-state index is 0.0158. The molecule has 2 N–H and O–H groups in total. The molecule has 0 bridgehead atoms. The third-order valence-electron chi connectivity index (χ3n) is 3.83. The van der Waals surface area contributed by atoms with Crippen molar-refractivity contribution in [2.75, 3.05) is 31.6 Å². The number of nitrogens with zero attached hydrogens (tertiary/aromatic N) is 4. The Hall–Kier alpha value is -2.68. The molecule has 1 aliphatic rings. The number of nitrogens with one attached hydrogen (secondary N) is 2. The van der Waals surface area contributed by atoms with Crippen molar-refractivity contribution < 1.29 is 14.3 Å². The van der Waals surface area contributed by atoms with E-state index in [-0.39, 0.29) is 18.0 Å². The molecule has 1 aromatic carbocycles. The summed E-state index contributed by atoms with van der Waals surface area (Å²) < 4.78 is 5.57. The Morgan fingerprint density at radius 1 is 1.38 bits per heavy atom. The van der Waals surface area contributed by atoms with E-state index in [2.05, 4.69) is 20.8 Å². The number of aryl methyl sites for hydroxylation is 1. The van der Waals surface area contributed by atoms with Crippen LogP contribution in [-0.4, -0.2) is 64.2 Å². The molecule has 9 heteroatoms. The number of aromatic nitrogens is 3. The van der Waals surface area contributed by atoms with Gasteiger partial charge in [-0.2, -0.15) is 15.0 Å². The zero-order valence-electron chi connectivity index (χ0n) is 13.7. The average Bonchev–Trinajstić information content (AvgIpc) is 2.94. The molecule has 1 saturated heterocycles. The van der Waals surface area contributed by atoms with Crippen LogP contribution in [0.2, 0.25) is 0 Å². The van der Waals surface area contributed by atoms with Gasteiger partial charge in [-0.15, -0.1) is 0 Å². The summed E-state index contributed by atoms with van der Waals surface area (Å²) in [7, 11) is 1.73. The van der Waals surface area contributed by atoms with Crippen LogP contribution in [0, 0.1) is 0 Å². The molecule has 0 aliphatic carbocycles. The molecule has 1 unspecified atom stereocenters. The predicted molar refractivity (Wildman–Crippen MR) is 87.5 cm³/mol. The summed E-state index contributed by atoms with van der Waals surface area (Å²) in [5, 5.41) is 14.0. The zero-order valence-corrected chi connectivity index (χ0v) is 13.7. The summed E-state index contributed by atoms with van der Waals surface area (Å²) in [6.07, 6.45) is -0.208. The van der Waals surface area contributed by atoms with Gasteiger partial charge in [0.05, 0.1) is 18.4 Å². The first-order valence-corrected chi connectivity index (χ1v) is 7.75. The SMILES string of the molecule is CC(=O)N1CCOC(CNC(=O)Nc2cccc3nn(C)nc23)C1. The van der Waals surface area contributed by atoms with Crippen LogP contribution in [0.15, 0.2) is 18.2 Å². The molecule has 2 heterocycles. The van der Waals surface area contributed by atoms with Crippen molar-refractivity contribution in [2.24, 2.45) is 7.05 Å². The zero-order chi connectivity index (χ0) is 17.1. The Labute approximate surface area is 138 Å². The number of benzene rings is 1. The van der Waals surface area contributed by atoms with E-state index in [4.69, 9.17) is 4.74 Å². The number of ether oxygens (including phenoxy) is 1. The van der Waals surface area contributed by atoms with Gasteiger partial charge in [-0.3, -0.25) is 4.79 Å². The Balaban J connectivity index is 1.56. The number of rotatable bonds is 3. The van der Waals surface area contributed by atoms with E-state index in [0.717, 1.165) is 0 Å². The molecule has 24 heavy (non-hydrogen) atoms. The van der Waals surface area contributed by atoms with E-state index >= 15 is 0 Å². The molecular weight excluding hydrogens is 312 g/mol. The molecule has 1 atom stereocenters. The first kappa shape index (κ1) is 16.2. The summed E-state index contributed by atoms with van der Waals surface area (Å²) in [5.41, 5.74) is 1.93. The predicted octanol–water partition coefficient (Wildman–Crippen LogP) is 0.337. The van der Waals surface area contributed by atoms with Gasteiger partial charge in [0, 0.05) is 33.6 Å². The maximum absolute atomic E-state index is 12.1. The Morgan fingerprint density at radius 2 is 2.21 bits per heavy atom. The van der Waals surface area contributed by atoms with Crippen LogP contribution in [0.5, 0.6) is 0 Å². The van der Waals surface area contributed by atoms with Crippen molar-refractivity contribution in [1.82, 2.24) is 25.2 Å². The lowest BCUT2D eigenvalue weighted by molar-refractivity contribution is -0.136. The minimum atomic E-state index is -0.350. The summed E-state index contributed by atoms with van der Waals surface area (Å²) >= 11 is 0. The van der Waals surface area contributed by atoms with Gasteiger partial charge in [0.2, 0.25) is 5.91 Å². The van der Waals surface area contributed by atoms with Gasteiger partial charge in [0.25, 0.3) is 0 Å². The number of urea groups is 1. The molecule has 0 saturated carbocycles. The lowest BCUT2D eigenvalue weighted by Gasteiger charge is -2.32. The molecule has 128 valence electrons. The van der Waals surface area contributed by atoms with Crippen molar-refractivity contribution in [3.05, 3.63) is 18.2 Å². The standard InChI is InChI=1S/C15H20N6O3/c1-10(22)21-6-7-24-11(9-21)8-16-15(23)17-12-4-3-5-13-14(12)19-20(2)18-13/h3-5,11H,6-9H2,1-2H3,(H2,16,17,23). The number of anilines is 1. The van der Waals surface area contributed by atoms with Crippen LogP contribution in [-0.2, 0) is 16.6 Å². The van der Waals surface area contributed by atoms with Crippen molar-refractivity contribution >= 4 is 28.7 Å². The molecule has 3 amide bonds. The molecule has 1 aliphatic heterocycles. The van der Waals surface area contributed by atoms with Crippen molar-refractivity contribution in [3.8, 4) is 0 Å². The third-order valence-corrected chi connectivity index (χ3v) is 3.83. The lowest BCUT2D eigenvalue weighted by atomic mass is 10.2. The lowest BCUT2D eigenvalue weighted by Crippen LogP contribution is -2.49. The monoisotopic (exact) mass is 332 g/mol. The van der Waals surface area contributed by atoms with E-state index in [9.17, 15) is 9.59 Å². The first-order chi connectivity index (χ1) is 11.5. The van der Waals surface area contributed by atoms with Crippen molar-refractivity contribution in [3.63, 3.8) is 0 Å². The Bertz CT molecular complexity index is 759. The molecule has 1 aromatic heterocycles. The van der Waals surface area contributed by atoms with E-state index < -0.39 is 0 Å². The minimum Gasteiger partial charge on any atom is -0.373 e. The number of hydrogen-bond donors (Lipinski definition) is 2. The van der Waals surface area contributed by atoms with Crippen LogP contribution < -0.4 is 10.6 Å². The van der Waals surface area contributed by atoms with Crippen molar-refractivity contribution in [2.45, 2.75) is 13.0 Å². The number of carbonyl (C=O) groups is 2. The number of amides is 3. The summed E-state index contributed by atoms with van der Waals surface area (Å²) in [5.74, 6) is 0.0158. The number of hydrogen-bond acceptors (Lipinski definition) is 5. The van der Waals surface area contributed by atoms with Gasteiger partial charge >= 0.3 is 6.03 Å². The summed E-state index contributed by atoms with van der Waals surface area (Å²) in [6, 6.07) is 5.06. The quantitative estimate of drug-likeness (QED) is 0.844. The summed E-state index contributed by atoms with van der Waals surface area (Å²) in [4.78, 5) is 26.7. The second-order valence-electron chi connectivity index (χ2n) is 5.66. The van der Waals surface area contributed by atoms with Crippen LogP contribution in [0.3, 0.4) is 0 Å². The van der Waals surface area contributed by atoms with Crippen molar-refractivity contribution in [1.29, 1.82) is 0 Å². The highest BCUT2D eigenvalue weighted by molar-refractivity contribution is 5.98. The van der Waals surface area contributed by atoms with Gasteiger partial charge < -0.3 is 20.3 Å². The van der Waals surface area contributed by atoms with Crippen LogP contribution in [0.4, 0.5) is 10.5 Å². The number of carbonyl (C=O) groups excluding carboxylic acids is 2. The van der Waals surface area contributed by atoms with E-state index in [1.165, 1.54) is 11.7 Å². The van der Waals surface area contributed by atoms with Crippen LogP contribution in [0.25, 0.3) is 11.0 Å². The van der Waals surface area contributed by atoms with E-state index in [1.807, 2.05) is 12.1 Å². The van der Waals surface area contributed by atoms with Gasteiger partial charge in [-0.1, -0.05) is 6.07 Å². The molecule has 3 rings (SSSR count). The second kappa shape index (κ2) is 6.83. The fourth-order valence-electron chi connectivity index (χ4n) is 2.64. The molecular formula is C15H20N6O3. The molecule has 9 nitrogen and oxygen atoms in total. The number of fused-ring (bicyclic) bond motifs is 1. The fraction of sp³-hybridized carbons (Fsp3) is 0.467. The maximum Gasteiger partial charge on any atom is 0.319 e. The average molecular weight is 332 g/mol. The maximum atomic E-state index is 12.1. The normalized spacial score (nSPS) is 17.8. The smallest absolute Gasteiger partial charge is 0.319 e. The second-order valence-corrected chi connectivity index (χ2v) is 5.66. The third kappa shape index (κ3) is 3.62. The van der Waals surface area contributed by atoms with Gasteiger partial charge in [-0.05, 0) is 12.1 Å². The van der Waals surface area contributed by atoms with Crippen LogP contribution in [0.1, 0.15) is 6.92 Å². The molecule has 0 radical (unpaired) electrons. The topological polar surface area (TPSA) is 101 Å². The van der Waals surface area contributed by atoms with Gasteiger partial charge in [-0.25, -0.2) is 4.79 Å². The highest BCUT2D eigenvalue weighted by Crippen LogP contribution is 2.19. The Morgan fingerprint density at radius 3 is 3.00 bits per heavy atom. The molecule has 0 spiro atoms. The first-order valence-electron chi connectivity index (χ1n) is 7.75. The molecule has 1 fully saturated rings.